The second-order valence-electron chi connectivity index (χ2n) is 7.82. The molecule has 0 bridgehead atoms. The summed E-state index contributed by atoms with van der Waals surface area (Å²) >= 11 is 0. The molecule has 0 aliphatic carbocycles. The molecule has 2 unspecified atom stereocenters. The van der Waals surface area contributed by atoms with Crippen molar-refractivity contribution in [1.82, 2.24) is 16.3 Å². The predicted molar refractivity (Wildman–Crippen MR) is 118 cm³/mol. The number of benzene rings is 2. The van der Waals surface area contributed by atoms with E-state index in [0.29, 0.717) is 23.8 Å². The van der Waals surface area contributed by atoms with Gasteiger partial charge in [-0.25, -0.2) is 16.3 Å². The van der Waals surface area contributed by atoms with Crippen LogP contribution in [0, 0.1) is 5.92 Å². The van der Waals surface area contributed by atoms with Crippen LogP contribution in [-0.4, -0.2) is 32.4 Å². The third kappa shape index (κ3) is 5.58. The highest BCUT2D eigenvalue weighted by Gasteiger charge is 2.30. The third-order valence-electron chi connectivity index (χ3n) is 5.04. The SMILES string of the molecule is COc1ccc(/C=N/NC(=O)C2CC(c3ccc(CC(C)C)cc3)NN2)cc1OC. The van der Waals surface area contributed by atoms with Crippen molar-refractivity contribution in [2.75, 3.05) is 14.2 Å². The van der Waals surface area contributed by atoms with Crippen LogP contribution in [0.3, 0.4) is 0 Å². The first-order valence-corrected chi connectivity index (χ1v) is 10.1. The molecule has 1 amide bonds. The van der Waals surface area contributed by atoms with Gasteiger partial charge in [-0.1, -0.05) is 38.1 Å². The van der Waals surface area contributed by atoms with Gasteiger partial charge in [-0.05, 0) is 53.6 Å². The Balaban J connectivity index is 1.53. The van der Waals surface area contributed by atoms with E-state index >= 15 is 0 Å². The number of nitrogens with zero attached hydrogens (tertiary/aromatic N) is 1. The van der Waals surface area contributed by atoms with Crippen molar-refractivity contribution in [1.29, 1.82) is 0 Å². The number of hydrogen-bond acceptors (Lipinski definition) is 6. The van der Waals surface area contributed by atoms with Gasteiger partial charge in [0.2, 0.25) is 0 Å². The topological polar surface area (TPSA) is 84.0 Å². The molecule has 160 valence electrons. The lowest BCUT2D eigenvalue weighted by molar-refractivity contribution is -0.122. The Labute approximate surface area is 177 Å². The molecule has 1 aliphatic rings. The Morgan fingerprint density at radius 2 is 1.87 bits per heavy atom. The standard InChI is InChI=1S/C23H30N4O3/c1-15(2)11-16-5-8-18(9-6-16)19-13-20(26-25-19)23(28)27-24-14-17-7-10-21(29-3)22(12-17)30-4/h5-10,12,14-15,19-20,25-26H,11,13H2,1-4H3,(H,27,28)/b24-14+. The van der Waals surface area contributed by atoms with Crippen LogP contribution in [0.5, 0.6) is 11.5 Å². The zero-order valence-electron chi connectivity index (χ0n) is 17.9. The lowest BCUT2D eigenvalue weighted by Crippen LogP contribution is -2.41. The second-order valence-corrected chi connectivity index (χ2v) is 7.82. The van der Waals surface area contributed by atoms with E-state index in [4.69, 9.17) is 9.47 Å². The van der Waals surface area contributed by atoms with Gasteiger partial charge in [0.15, 0.2) is 11.5 Å². The minimum absolute atomic E-state index is 0.0867. The molecule has 2 aromatic carbocycles. The van der Waals surface area contributed by atoms with E-state index < -0.39 is 0 Å². The van der Waals surface area contributed by atoms with Crippen molar-refractivity contribution >= 4 is 12.1 Å². The van der Waals surface area contributed by atoms with Crippen molar-refractivity contribution in [2.45, 2.75) is 38.8 Å². The number of amides is 1. The first-order valence-electron chi connectivity index (χ1n) is 10.1. The van der Waals surface area contributed by atoms with Crippen LogP contribution < -0.4 is 25.8 Å². The molecule has 0 aromatic heterocycles. The van der Waals surface area contributed by atoms with Crippen molar-refractivity contribution in [2.24, 2.45) is 11.0 Å². The Morgan fingerprint density at radius 1 is 1.13 bits per heavy atom. The molecule has 0 saturated carbocycles. The molecule has 0 radical (unpaired) electrons. The average Bonchev–Trinajstić information content (AvgIpc) is 3.24. The summed E-state index contributed by atoms with van der Waals surface area (Å²) in [6, 6.07) is 13.8. The number of nitrogens with one attached hydrogen (secondary N) is 3. The molecular formula is C23H30N4O3. The monoisotopic (exact) mass is 410 g/mol. The number of hydrogen-bond donors (Lipinski definition) is 3. The van der Waals surface area contributed by atoms with Crippen LogP contribution in [0.2, 0.25) is 0 Å². The normalized spacial score (nSPS) is 18.7. The maximum absolute atomic E-state index is 12.4. The third-order valence-corrected chi connectivity index (χ3v) is 5.04. The van der Waals surface area contributed by atoms with Gasteiger partial charge in [0.25, 0.3) is 5.91 Å². The molecule has 2 atom stereocenters. The average molecular weight is 411 g/mol. The van der Waals surface area contributed by atoms with Gasteiger partial charge in [-0.15, -0.1) is 0 Å². The van der Waals surface area contributed by atoms with E-state index in [1.54, 1.807) is 32.6 Å². The highest BCUT2D eigenvalue weighted by Crippen LogP contribution is 2.27. The molecule has 0 spiro atoms. The van der Waals surface area contributed by atoms with Crippen LogP contribution in [0.4, 0.5) is 0 Å². The fourth-order valence-electron chi connectivity index (χ4n) is 3.49. The fourth-order valence-corrected chi connectivity index (χ4v) is 3.49. The summed E-state index contributed by atoms with van der Waals surface area (Å²) in [5.74, 6) is 1.70. The molecule has 3 N–H and O–H groups in total. The molecule has 7 heteroatoms. The molecule has 7 nitrogen and oxygen atoms in total. The zero-order chi connectivity index (χ0) is 21.5. The van der Waals surface area contributed by atoms with Crippen molar-refractivity contribution < 1.29 is 14.3 Å². The number of methoxy groups -OCH3 is 2. The van der Waals surface area contributed by atoms with Gasteiger partial charge < -0.3 is 9.47 Å². The van der Waals surface area contributed by atoms with E-state index in [9.17, 15) is 4.79 Å². The second kappa shape index (κ2) is 10.2. The summed E-state index contributed by atoms with van der Waals surface area (Å²) in [5, 5.41) is 4.07. The van der Waals surface area contributed by atoms with Gasteiger partial charge in [0.05, 0.1) is 20.4 Å². The zero-order valence-corrected chi connectivity index (χ0v) is 17.9. The van der Waals surface area contributed by atoms with E-state index in [-0.39, 0.29) is 18.0 Å². The van der Waals surface area contributed by atoms with Crippen molar-refractivity contribution in [3.63, 3.8) is 0 Å². The highest BCUT2D eigenvalue weighted by atomic mass is 16.5. The minimum Gasteiger partial charge on any atom is -0.493 e. The van der Waals surface area contributed by atoms with E-state index in [1.165, 1.54) is 11.1 Å². The number of ether oxygens (including phenoxy) is 2. The lowest BCUT2D eigenvalue weighted by atomic mass is 9.97. The minimum atomic E-state index is -0.354. The summed E-state index contributed by atoms with van der Waals surface area (Å²) in [6.45, 7) is 4.43. The van der Waals surface area contributed by atoms with Crippen LogP contribution >= 0.6 is 0 Å². The first-order chi connectivity index (χ1) is 14.5. The van der Waals surface area contributed by atoms with Crippen LogP contribution in [0.1, 0.15) is 43.0 Å². The van der Waals surface area contributed by atoms with Gasteiger partial charge in [-0.3, -0.25) is 4.79 Å². The summed E-state index contributed by atoms with van der Waals surface area (Å²) in [6.07, 6.45) is 3.30. The molecule has 2 aromatic rings. The summed E-state index contributed by atoms with van der Waals surface area (Å²) < 4.78 is 10.5. The van der Waals surface area contributed by atoms with Crippen LogP contribution in [-0.2, 0) is 11.2 Å². The van der Waals surface area contributed by atoms with E-state index in [0.717, 1.165) is 12.0 Å². The van der Waals surface area contributed by atoms with Gasteiger partial charge in [0.1, 0.15) is 6.04 Å². The maximum Gasteiger partial charge on any atom is 0.258 e. The number of carbonyl (C=O) groups excluding carboxylic acids is 1. The highest BCUT2D eigenvalue weighted by molar-refractivity contribution is 5.85. The number of rotatable bonds is 8. The Hall–Kier alpha value is -2.90. The van der Waals surface area contributed by atoms with Crippen molar-refractivity contribution in [3.05, 3.63) is 59.2 Å². The fraction of sp³-hybridized carbons (Fsp3) is 0.391. The van der Waals surface area contributed by atoms with Gasteiger partial charge in [-0.2, -0.15) is 5.10 Å². The Bertz CT molecular complexity index is 881. The number of hydrazone groups is 1. The summed E-state index contributed by atoms with van der Waals surface area (Å²) in [5.41, 5.74) is 12.2. The molecule has 3 rings (SSSR count). The van der Waals surface area contributed by atoms with Crippen LogP contribution in [0.25, 0.3) is 0 Å². The number of hydrazine groups is 1. The molecule has 1 saturated heterocycles. The molecule has 1 aliphatic heterocycles. The van der Waals surface area contributed by atoms with Crippen molar-refractivity contribution in [3.8, 4) is 11.5 Å². The lowest BCUT2D eigenvalue weighted by Gasteiger charge is -2.11. The first kappa shape index (κ1) is 21.8. The largest absolute Gasteiger partial charge is 0.493 e. The molecule has 1 heterocycles. The van der Waals surface area contributed by atoms with E-state index in [1.807, 2.05) is 6.07 Å². The molecule has 30 heavy (non-hydrogen) atoms. The summed E-state index contributed by atoms with van der Waals surface area (Å²) in [4.78, 5) is 12.4. The van der Waals surface area contributed by atoms with Gasteiger partial charge in [0, 0.05) is 6.04 Å². The molecular weight excluding hydrogens is 380 g/mol. The maximum atomic E-state index is 12.4. The Morgan fingerprint density at radius 3 is 2.53 bits per heavy atom. The Kier molecular flexibility index (Phi) is 7.43. The van der Waals surface area contributed by atoms with Crippen LogP contribution in [0.15, 0.2) is 47.6 Å². The predicted octanol–water partition coefficient (Wildman–Crippen LogP) is 2.96. The number of carbonyl (C=O) groups is 1. The van der Waals surface area contributed by atoms with E-state index in [2.05, 4.69) is 59.5 Å². The van der Waals surface area contributed by atoms with Gasteiger partial charge >= 0.3 is 0 Å². The summed E-state index contributed by atoms with van der Waals surface area (Å²) in [7, 11) is 3.16. The smallest absolute Gasteiger partial charge is 0.258 e. The quantitative estimate of drug-likeness (QED) is 0.460. The molecule has 1 fully saturated rings.